The molecule has 0 atom stereocenters. The van der Waals surface area contributed by atoms with Crippen molar-refractivity contribution in [1.82, 2.24) is 25.2 Å². The third-order valence-electron chi connectivity index (χ3n) is 6.93. The number of nitrogens with one attached hydrogen (secondary N) is 1. The molecule has 3 aromatic carbocycles. The highest BCUT2D eigenvalue weighted by Crippen LogP contribution is 2.36. The van der Waals surface area contributed by atoms with Crippen LogP contribution in [-0.2, 0) is 6.54 Å². The van der Waals surface area contributed by atoms with E-state index in [2.05, 4.69) is 37.6 Å². The number of carbonyl (C=O) groups is 1. The molecule has 1 amide bonds. The van der Waals surface area contributed by atoms with Gasteiger partial charge in [-0.1, -0.05) is 30.5 Å². The van der Waals surface area contributed by atoms with Crippen molar-refractivity contribution in [3.05, 3.63) is 105 Å². The summed E-state index contributed by atoms with van der Waals surface area (Å²) in [6.45, 7) is 0.464. The van der Waals surface area contributed by atoms with Gasteiger partial charge in [0.15, 0.2) is 10.8 Å². The SMILES string of the molecule is COc1ccc(Cn2nnc(-c3ccc(NC(=O)c4cccc(C#Cc5nc(C6CCC6)cs5)c4F)cc3)n2)cc1. The molecule has 0 saturated heterocycles. The van der Waals surface area contributed by atoms with Crippen LogP contribution in [0.5, 0.6) is 5.75 Å². The van der Waals surface area contributed by atoms with Crippen LogP contribution in [0.15, 0.2) is 72.1 Å². The van der Waals surface area contributed by atoms with Crippen molar-refractivity contribution in [1.29, 1.82) is 0 Å². The molecule has 6 rings (SSSR count). The number of hydrogen-bond donors (Lipinski definition) is 1. The second kappa shape index (κ2) is 11.7. The zero-order chi connectivity index (χ0) is 28.2. The number of benzene rings is 3. The monoisotopic (exact) mass is 564 g/mol. The summed E-state index contributed by atoms with van der Waals surface area (Å²) in [5.41, 5.74) is 3.38. The maximum absolute atomic E-state index is 15.2. The number of hydrogen-bond acceptors (Lipinski definition) is 7. The van der Waals surface area contributed by atoms with E-state index in [1.165, 1.54) is 28.6 Å². The van der Waals surface area contributed by atoms with Crippen molar-refractivity contribution in [3.8, 4) is 29.0 Å². The molecule has 1 N–H and O–H groups in total. The quantitative estimate of drug-likeness (QED) is 0.247. The van der Waals surface area contributed by atoms with E-state index in [1.807, 2.05) is 29.6 Å². The molecule has 0 radical (unpaired) electrons. The molecular weight excluding hydrogens is 539 g/mol. The fourth-order valence-electron chi connectivity index (χ4n) is 4.38. The van der Waals surface area contributed by atoms with Crippen LogP contribution in [0, 0.1) is 17.7 Å². The summed E-state index contributed by atoms with van der Waals surface area (Å²) in [6.07, 6.45) is 3.56. The van der Waals surface area contributed by atoms with Gasteiger partial charge in [-0.15, -0.1) is 21.5 Å². The van der Waals surface area contributed by atoms with Crippen LogP contribution in [0.25, 0.3) is 11.4 Å². The first-order chi connectivity index (χ1) is 20.1. The van der Waals surface area contributed by atoms with Crippen molar-refractivity contribution >= 4 is 22.9 Å². The highest BCUT2D eigenvalue weighted by Gasteiger charge is 2.21. The van der Waals surface area contributed by atoms with E-state index in [1.54, 1.807) is 43.5 Å². The lowest BCUT2D eigenvalue weighted by atomic mass is 9.83. The van der Waals surface area contributed by atoms with E-state index in [0.717, 1.165) is 35.4 Å². The number of amides is 1. The van der Waals surface area contributed by atoms with Crippen molar-refractivity contribution in [2.24, 2.45) is 0 Å². The molecule has 10 heteroatoms. The third kappa shape index (κ3) is 6.00. The zero-order valence-electron chi connectivity index (χ0n) is 22.2. The van der Waals surface area contributed by atoms with E-state index >= 15 is 4.39 Å². The maximum atomic E-state index is 15.2. The van der Waals surface area contributed by atoms with Crippen LogP contribution < -0.4 is 10.1 Å². The lowest BCUT2D eigenvalue weighted by Crippen LogP contribution is -2.14. The molecule has 2 aromatic heterocycles. The molecule has 1 aliphatic rings. The summed E-state index contributed by atoms with van der Waals surface area (Å²) < 4.78 is 20.4. The number of methoxy groups -OCH3 is 1. The number of halogens is 1. The van der Waals surface area contributed by atoms with Crippen molar-refractivity contribution < 1.29 is 13.9 Å². The smallest absolute Gasteiger partial charge is 0.258 e. The van der Waals surface area contributed by atoms with Crippen molar-refractivity contribution in [3.63, 3.8) is 0 Å². The van der Waals surface area contributed by atoms with Crippen LogP contribution in [0.4, 0.5) is 10.1 Å². The number of ether oxygens (including phenoxy) is 1. The van der Waals surface area contributed by atoms with E-state index < -0.39 is 11.7 Å². The van der Waals surface area contributed by atoms with Gasteiger partial charge in [-0.05, 0) is 78.1 Å². The molecule has 0 spiro atoms. The van der Waals surface area contributed by atoms with Gasteiger partial charge in [0, 0.05) is 22.5 Å². The molecule has 0 bridgehead atoms. The number of aromatic nitrogens is 5. The van der Waals surface area contributed by atoms with Gasteiger partial charge >= 0.3 is 0 Å². The Morgan fingerprint density at radius 2 is 1.90 bits per heavy atom. The summed E-state index contributed by atoms with van der Waals surface area (Å²) in [6, 6.07) is 19.2. The summed E-state index contributed by atoms with van der Waals surface area (Å²) in [4.78, 5) is 19.0. The van der Waals surface area contributed by atoms with Gasteiger partial charge < -0.3 is 10.1 Å². The summed E-state index contributed by atoms with van der Waals surface area (Å²) >= 11 is 1.46. The number of anilines is 1. The lowest BCUT2D eigenvalue weighted by molar-refractivity contribution is 0.102. The zero-order valence-corrected chi connectivity index (χ0v) is 23.0. The number of tetrazole rings is 1. The highest BCUT2D eigenvalue weighted by atomic mass is 32.1. The van der Waals surface area contributed by atoms with Crippen molar-refractivity contribution in [2.75, 3.05) is 12.4 Å². The Bertz CT molecular complexity index is 1750. The minimum atomic E-state index is -0.664. The molecular formula is C31H25FN6O2S. The van der Waals surface area contributed by atoms with Crippen LogP contribution in [0.2, 0.25) is 0 Å². The van der Waals surface area contributed by atoms with E-state index in [9.17, 15) is 4.79 Å². The van der Waals surface area contributed by atoms with Gasteiger partial charge in [-0.25, -0.2) is 9.37 Å². The molecule has 0 aliphatic heterocycles. The predicted molar refractivity (Wildman–Crippen MR) is 154 cm³/mol. The number of nitrogens with zero attached hydrogens (tertiary/aromatic N) is 5. The topological polar surface area (TPSA) is 94.8 Å². The van der Waals surface area contributed by atoms with E-state index in [-0.39, 0.29) is 11.1 Å². The molecule has 1 saturated carbocycles. The summed E-state index contributed by atoms with van der Waals surface area (Å²) in [5.74, 6) is 6.31. The number of thiazole rings is 1. The maximum Gasteiger partial charge on any atom is 0.258 e. The highest BCUT2D eigenvalue weighted by molar-refractivity contribution is 7.10. The van der Waals surface area contributed by atoms with Crippen molar-refractivity contribution in [2.45, 2.75) is 31.7 Å². The Hall–Kier alpha value is -4.88. The Labute approximate surface area is 240 Å². The average Bonchev–Trinajstić information content (AvgIpc) is 3.62. The summed E-state index contributed by atoms with van der Waals surface area (Å²) in [7, 11) is 1.62. The van der Waals surface area contributed by atoms with Crippen LogP contribution in [0.3, 0.4) is 0 Å². The van der Waals surface area contributed by atoms with Gasteiger partial charge in [0.2, 0.25) is 5.82 Å². The molecule has 1 aliphatic carbocycles. The number of rotatable bonds is 7. The first-order valence-electron chi connectivity index (χ1n) is 13.1. The van der Waals surface area contributed by atoms with Gasteiger partial charge in [0.05, 0.1) is 30.5 Å². The largest absolute Gasteiger partial charge is 0.497 e. The Morgan fingerprint density at radius 1 is 1.10 bits per heavy atom. The molecule has 8 nitrogen and oxygen atoms in total. The van der Waals surface area contributed by atoms with Crippen LogP contribution >= 0.6 is 11.3 Å². The second-order valence-electron chi connectivity index (χ2n) is 9.65. The van der Waals surface area contributed by atoms with Gasteiger partial charge in [-0.3, -0.25) is 4.79 Å². The van der Waals surface area contributed by atoms with Gasteiger partial charge in [0.25, 0.3) is 5.91 Å². The Kier molecular flexibility index (Phi) is 7.52. The lowest BCUT2D eigenvalue weighted by Gasteiger charge is -2.22. The molecule has 204 valence electrons. The molecule has 0 unspecified atom stereocenters. The number of carbonyl (C=O) groups excluding carboxylic acids is 1. The molecule has 1 fully saturated rings. The van der Waals surface area contributed by atoms with Gasteiger partial charge in [0.1, 0.15) is 5.75 Å². The minimum Gasteiger partial charge on any atom is -0.497 e. The normalized spacial score (nSPS) is 12.7. The average molecular weight is 565 g/mol. The van der Waals surface area contributed by atoms with E-state index in [0.29, 0.717) is 29.0 Å². The minimum absolute atomic E-state index is 0.0849. The van der Waals surface area contributed by atoms with Crippen LogP contribution in [0.1, 0.15) is 57.4 Å². The molecule has 41 heavy (non-hydrogen) atoms. The Balaban J connectivity index is 1.10. The fourth-order valence-corrected chi connectivity index (χ4v) is 5.13. The first-order valence-corrected chi connectivity index (χ1v) is 14.0. The standard InChI is InChI=1S/C31H25FN6O2S/c1-40-25-15-8-20(9-16-25)18-38-36-30(35-37-38)23-10-13-24(14-11-23)33-31(39)26-7-3-6-22(29(26)32)12-17-28-34-27(19-41-28)21-4-2-5-21/h3,6-11,13-16,19,21H,2,4-5,18H2,1H3,(H,33,39). The molecule has 2 heterocycles. The predicted octanol–water partition coefficient (Wildman–Crippen LogP) is 5.91. The van der Waals surface area contributed by atoms with Crippen LogP contribution in [-0.4, -0.2) is 38.2 Å². The fraction of sp³-hybridized carbons (Fsp3) is 0.194. The third-order valence-corrected chi connectivity index (χ3v) is 7.71. The summed E-state index contributed by atoms with van der Waals surface area (Å²) in [5, 5.41) is 18.1. The second-order valence-corrected chi connectivity index (χ2v) is 10.5. The first kappa shape index (κ1) is 26.3. The van der Waals surface area contributed by atoms with E-state index in [4.69, 9.17) is 4.74 Å². The Morgan fingerprint density at radius 3 is 2.63 bits per heavy atom. The van der Waals surface area contributed by atoms with Gasteiger partial charge in [-0.2, -0.15) is 4.80 Å². The molecule has 5 aromatic rings.